The molecule has 19 heavy (non-hydrogen) atoms. The van der Waals surface area contributed by atoms with Gasteiger partial charge in [-0.05, 0) is 42.5 Å². The van der Waals surface area contributed by atoms with Crippen molar-refractivity contribution in [2.75, 3.05) is 19.6 Å². The molecule has 0 aromatic heterocycles. The van der Waals surface area contributed by atoms with Crippen molar-refractivity contribution in [3.8, 4) is 0 Å². The fourth-order valence-electron chi connectivity index (χ4n) is 2.88. The van der Waals surface area contributed by atoms with E-state index in [0.717, 1.165) is 19.6 Å². The Kier molecular flexibility index (Phi) is 5.00. The molecule has 1 fully saturated rings. The summed E-state index contributed by atoms with van der Waals surface area (Å²) in [5.74, 6) is 0. The van der Waals surface area contributed by atoms with E-state index in [9.17, 15) is 0 Å². The lowest BCUT2D eigenvalue weighted by molar-refractivity contribution is 0.283. The Bertz CT molecular complexity index is 398. The molecule has 106 valence electrons. The zero-order valence-corrected chi connectivity index (χ0v) is 12.7. The Labute approximate surface area is 118 Å². The second-order valence-electron chi connectivity index (χ2n) is 6.57. The van der Waals surface area contributed by atoms with Crippen molar-refractivity contribution in [3.05, 3.63) is 35.4 Å². The lowest BCUT2D eigenvalue weighted by Crippen LogP contribution is -2.24. The molecule has 1 N–H and O–H groups in total. The zero-order chi connectivity index (χ0) is 13.7. The summed E-state index contributed by atoms with van der Waals surface area (Å²) in [7, 11) is 0. The topological polar surface area (TPSA) is 15.3 Å². The molecule has 0 unspecified atom stereocenters. The Balaban J connectivity index is 1.96. The third-order valence-electron chi connectivity index (χ3n) is 4.01. The van der Waals surface area contributed by atoms with Crippen molar-refractivity contribution in [1.82, 2.24) is 10.2 Å². The molecule has 0 amide bonds. The number of hydrogen-bond acceptors (Lipinski definition) is 2. The van der Waals surface area contributed by atoms with Crippen molar-refractivity contribution < 1.29 is 0 Å². The molecule has 2 heteroatoms. The number of nitrogens with one attached hydrogen (secondary N) is 1. The number of benzene rings is 1. The van der Waals surface area contributed by atoms with Gasteiger partial charge in [0.25, 0.3) is 0 Å². The highest BCUT2D eigenvalue weighted by Crippen LogP contribution is 2.30. The van der Waals surface area contributed by atoms with E-state index in [4.69, 9.17) is 0 Å². The van der Waals surface area contributed by atoms with Crippen LogP contribution in [0.4, 0.5) is 0 Å². The fraction of sp³-hybridized carbons (Fsp3) is 0.647. The Hall–Kier alpha value is -0.860. The summed E-state index contributed by atoms with van der Waals surface area (Å²) in [6, 6.07) is 8.87. The molecule has 2 nitrogen and oxygen atoms in total. The third kappa shape index (κ3) is 4.32. The first-order valence-electron chi connectivity index (χ1n) is 7.60. The normalized spacial score (nSPS) is 18.9. The molecule has 0 radical (unpaired) electrons. The summed E-state index contributed by atoms with van der Waals surface area (Å²) < 4.78 is 0. The van der Waals surface area contributed by atoms with Crippen molar-refractivity contribution in [2.45, 2.75) is 46.7 Å². The van der Waals surface area contributed by atoms with Gasteiger partial charge in [-0.15, -0.1) is 0 Å². The first kappa shape index (κ1) is 14.5. The standard InChI is InChI=1S/C17H28N2/c1-4-10-18-12-15-7-5-6-8-16(15)13-19-11-9-17(2,3)14-19/h5-8,18H,4,9-14H2,1-3H3. The Morgan fingerprint density at radius 1 is 1.21 bits per heavy atom. The first-order valence-corrected chi connectivity index (χ1v) is 7.60. The van der Waals surface area contributed by atoms with Gasteiger partial charge in [0.2, 0.25) is 0 Å². The van der Waals surface area contributed by atoms with Crippen LogP contribution in [0, 0.1) is 5.41 Å². The number of nitrogens with zero attached hydrogens (tertiary/aromatic N) is 1. The molecule has 0 spiro atoms. The highest BCUT2D eigenvalue weighted by atomic mass is 15.1. The minimum Gasteiger partial charge on any atom is -0.313 e. The number of rotatable bonds is 6. The van der Waals surface area contributed by atoms with Gasteiger partial charge in [0.1, 0.15) is 0 Å². The molecule has 0 atom stereocenters. The van der Waals surface area contributed by atoms with Gasteiger partial charge in [-0.2, -0.15) is 0 Å². The van der Waals surface area contributed by atoms with Gasteiger partial charge in [0.15, 0.2) is 0 Å². The van der Waals surface area contributed by atoms with Crippen LogP contribution in [0.2, 0.25) is 0 Å². The molecular weight excluding hydrogens is 232 g/mol. The van der Waals surface area contributed by atoms with E-state index in [-0.39, 0.29) is 0 Å². The van der Waals surface area contributed by atoms with Crippen LogP contribution in [0.25, 0.3) is 0 Å². The average molecular weight is 260 g/mol. The second-order valence-corrected chi connectivity index (χ2v) is 6.57. The molecule has 1 aliphatic heterocycles. The molecule has 1 saturated heterocycles. The van der Waals surface area contributed by atoms with Crippen LogP contribution in [0.5, 0.6) is 0 Å². The van der Waals surface area contributed by atoms with Crippen molar-refractivity contribution in [2.24, 2.45) is 5.41 Å². The molecule has 0 bridgehead atoms. The van der Waals surface area contributed by atoms with E-state index in [1.807, 2.05) is 0 Å². The molecule has 1 aromatic rings. The molecular formula is C17H28N2. The quantitative estimate of drug-likeness (QED) is 0.788. The SMILES string of the molecule is CCCNCc1ccccc1CN1CCC(C)(C)C1. The maximum atomic E-state index is 3.51. The zero-order valence-electron chi connectivity index (χ0n) is 12.7. The predicted octanol–water partition coefficient (Wildman–Crippen LogP) is 3.42. The fourth-order valence-corrected chi connectivity index (χ4v) is 2.88. The summed E-state index contributed by atoms with van der Waals surface area (Å²) in [6.45, 7) is 12.6. The van der Waals surface area contributed by atoms with Crippen LogP contribution in [-0.4, -0.2) is 24.5 Å². The summed E-state index contributed by atoms with van der Waals surface area (Å²) in [6.07, 6.45) is 2.52. The van der Waals surface area contributed by atoms with Crippen LogP contribution < -0.4 is 5.32 Å². The van der Waals surface area contributed by atoms with Gasteiger partial charge >= 0.3 is 0 Å². The first-order chi connectivity index (χ1) is 9.11. The van der Waals surface area contributed by atoms with Crippen molar-refractivity contribution in [3.63, 3.8) is 0 Å². The number of likely N-dealkylation sites (tertiary alicyclic amines) is 1. The molecule has 1 heterocycles. The molecule has 0 aliphatic carbocycles. The highest BCUT2D eigenvalue weighted by molar-refractivity contribution is 5.27. The van der Waals surface area contributed by atoms with Crippen molar-refractivity contribution >= 4 is 0 Å². The minimum atomic E-state index is 0.495. The maximum Gasteiger partial charge on any atom is 0.0237 e. The summed E-state index contributed by atoms with van der Waals surface area (Å²) in [4.78, 5) is 2.60. The van der Waals surface area contributed by atoms with Crippen LogP contribution >= 0.6 is 0 Å². The van der Waals surface area contributed by atoms with Crippen LogP contribution in [0.15, 0.2) is 24.3 Å². The Morgan fingerprint density at radius 2 is 1.95 bits per heavy atom. The van der Waals surface area contributed by atoms with E-state index in [1.165, 1.54) is 37.1 Å². The summed E-state index contributed by atoms with van der Waals surface area (Å²) in [5.41, 5.74) is 3.44. The van der Waals surface area contributed by atoms with Crippen molar-refractivity contribution in [1.29, 1.82) is 0 Å². The largest absolute Gasteiger partial charge is 0.313 e. The lowest BCUT2D eigenvalue weighted by Gasteiger charge is -2.21. The van der Waals surface area contributed by atoms with Gasteiger partial charge in [-0.1, -0.05) is 45.0 Å². The average Bonchev–Trinajstić information content (AvgIpc) is 2.71. The smallest absolute Gasteiger partial charge is 0.0237 e. The maximum absolute atomic E-state index is 3.51. The van der Waals surface area contributed by atoms with Gasteiger partial charge in [-0.25, -0.2) is 0 Å². The van der Waals surface area contributed by atoms with E-state index < -0.39 is 0 Å². The molecule has 0 saturated carbocycles. The van der Waals surface area contributed by atoms with E-state index in [0.29, 0.717) is 5.41 Å². The van der Waals surface area contributed by atoms with E-state index in [2.05, 4.69) is 55.3 Å². The van der Waals surface area contributed by atoms with E-state index >= 15 is 0 Å². The molecule has 1 aromatic carbocycles. The Morgan fingerprint density at radius 3 is 2.58 bits per heavy atom. The lowest BCUT2D eigenvalue weighted by atomic mass is 9.93. The monoisotopic (exact) mass is 260 g/mol. The summed E-state index contributed by atoms with van der Waals surface area (Å²) in [5, 5.41) is 3.51. The van der Waals surface area contributed by atoms with Gasteiger partial charge in [0.05, 0.1) is 0 Å². The van der Waals surface area contributed by atoms with Crippen LogP contribution in [0.1, 0.15) is 44.7 Å². The van der Waals surface area contributed by atoms with Gasteiger partial charge < -0.3 is 5.32 Å². The summed E-state index contributed by atoms with van der Waals surface area (Å²) >= 11 is 0. The van der Waals surface area contributed by atoms with Gasteiger partial charge in [-0.3, -0.25) is 4.90 Å². The molecule has 1 aliphatic rings. The highest BCUT2D eigenvalue weighted by Gasteiger charge is 2.29. The second kappa shape index (κ2) is 6.53. The third-order valence-corrected chi connectivity index (χ3v) is 4.01. The van der Waals surface area contributed by atoms with Crippen LogP contribution in [-0.2, 0) is 13.1 Å². The minimum absolute atomic E-state index is 0.495. The van der Waals surface area contributed by atoms with Gasteiger partial charge in [0, 0.05) is 19.6 Å². The molecule has 2 rings (SSSR count). The number of hydrogen-bond donors (Lipinski definition) is 1. The van der Waals surface area contributed by atoms with E-state index in [1.54, 1.807) is 0 Å². The van der Waals surface area contributed by atoms with Crippen LogP contribution in [0.3, 0.4) is 0 Å². The predicted molar refractivity (Wildman–Crippen MR) is 82.1 cm³/mol.